The summed E-state index contributed by atoms with van der Waals surface area (Å²) in [7, 11) is 0. The topological polar surface area (TPSA) is 61.3 Å². The van der Waals surface area contributed by atoms with Crippen LogP contribution in [0.3, 0.4) is 0 Å². The quantitative estimate of drug-likeness (QED) is 0.831. The fourth-order valence-corrected chi connectivity index (χ4v) is 3.30. The van der Waals surface area contributed by atoms with Crippen LogP contribution >= 0.6 is 0 Å². The van der Waals surface area contributed by atoms with Crippen LogP contribution in [0, 0.1) is 0 Å². The summed E-state index contributed by atoms with van der Waals surface area (Å²) in [5.74, 6) is 0.249. The minimum atomic E-state index is 0.249. The fourth-order valence-electron chi connectivity index (χ4n) is 3.30. The van der Waals surface area contributed by atoms with Gasteiger partial charge in [0.2, 0.25) is 0 Å². The van der Waals surface area contributed by atoms with Crippen molar-refractivity contribution in [3.8, 4) is 17.0 Å². The molecule has 1 aromatic carbocycles. The lowest BCUT2D eigenvalue weighted by atomic mass is 9.97. The molecule has 0 aliphatic carbocycles. The number of piperazine rings is 1. The number of aryl methyl sites for hydroxylation is 1. The zero-order valence-electron chi connectivity index (χ0n) is 11.8. The Labute approximate surface area is 123 Å². The second-order valence-electron chi connectivity index (χ2n) is 5.67. The van der Waals surface area contributed by atoms with Crippen LogP contribution in [-0.2, 0) is 6.42 Å². The third kappa shape index (κ3) is 2.14. The number of anilines is 1. The smallest absolute Gasteiger partial charge is 0.125 e. The highest BCUT2D eigenvalue weighted by molar-refractivity contribution is 5.71. The molecule has 0 saturated carbocycles. The van der Waals surface area contributed by atoms with E-state index in [0.29, 0.717) is 6.04 Å². The van der Waals surface area contributed by atoms with Crippen molar-refractivity contribution < 1.29 is 5.11 Å². The molecule has 4 rings (SSSR count). The van der Waals surface area contributed by atoms with Gasteiger partial charge in [-0.1, -0.05) is 12.1 Å². The lowest BCUT2D eigenvalue weighted by Crippen LogP contribution is -2.53. The number of phenolic OH excluding ortho intramolecular Hbond substituents is 1. The number of fused-ring (bicyclic) bond motifs is 3. The molecule has 2 aromatic rings. The van der Waals surface area contributed by atoms with Crippen LogP contribution in [0.25, 0.3) is 11.3 Å². The molecule has 0 spiro atoms. The number of para-hydroxylation sites is 1. The molecule has 0 amide bonds. The van der Waals surface area contributed by atoms with Gasteiger partial charge in [0, 0.05) is 31.2 Å². The summed E-state index contributed by atoms with van der Waals surface area (Å²) >= 11 is 0. The predicted molar refractivity (Wildman–Crippen MR) is 81.5 cm³/mol. The molecule has 2 aliphatic heterocycles. The Morgan fingerprint density at radius 3 is 3.05 bits per heavy atom. The summed E-state index contributed by atoms with van der Waals surface area (Å²) in [6.07, 6.45) is 2.11. The van der Waals surface area contributed by atoms with E-state index in [9.17, 15) is 5.11 Å². The lowest BCUT2D eigenvalue weighted by Gasteiger charge is -2.41. The van der Waals surface area contributed by atoms with Crippen molar-refractivity contribution in [2.75, 3.05) is 24.5 Å². The largest absolute Gasteiger partial charge is 0.507 e. The van der Waals surface area contributed by atoms with Crippen molar-refractivity contribution in [3.05, 3.63) is 36.0 Å². The number of hydrogen-bond donors (Lipinski definition) is 2. The van der Waals surface area contributed by atoms with Gasteiger partial charge in [-0.15, -0.1) is 5.10 Å². The van der Waals surface area contributed by atoms with Gasteiger partial charge in [0.25, 0.3) is 0 Å². The summed E-state index contributed by atoms with van der Waals surface area (Å²) in [5.41, 5.74) is 3.74. The first-order valence-electron chi connectivity index (χ1n) is 7.45. The molecule has 108 valence electrons. The normalized spacial score (nSPS) is 20.8. The summed E-state index contributed by atoms with van der Waals surface area (Å²) in [4.78, 5) is 2.44. The van der Waals surface area contributed by atoms with Crippen LogP contribution in [0.1, 0.15) is 12.1 Å². The van der Waals surface area contributed by atoms with E-state index in [2.05, 4.69) is 26.5 Å². The van der Waals surface area contributed by atoms with Crippen LogP contribution in [-0.4, -0.2) is 41.0 Å². The minimum Gasteiger partial charge on any atom is -0.507 e. The van der Waals surface area contributed by atoms with Crippen molar-refractivity contribution in [3.63, 3.8) is 0 Å². The average molecular weight is 282 g/mol. The van der Waals surface area contributed by atoms with E-state index in [4.69, 9.17) is 0 Å². The molecule has 2 N–H and O–H groups in total. The van der Waals surface area contributed by atoms with Crippen molar-refractivity contribution in [1.82, 2.24) is 15.5 Å². The van der Waals surface area contributed by atoms with Gasteiger partial charge in [-0.05, 0) is 31.0 Å². The summed E-state index contributed by atoms with van der Waals surface area (Å²) in [6, 6.07) is 9.91. The van der Waals surface area contributed by atoms with Gasteiger partial charge in [0.05, 0.1) is 17.1 Å². The van der Waals surface area contributed by atoms with Gasteiger partial charge in [-0.3, -0.25) is 0 Å². The van der Waals surface area contributed by atoms with Gasteiger partial charge in [0.1, 0.15) is 5.75 Å². The molecule has 0 bridgehead atoms. The highest BCUT2D eigenvalue weighted by Crippen LogP contribution is 2.34. The van der Waals surface area contributed by atoms with Gasteiger partial charge in [-0.25, -0.2) is 0 Å². The predicted octanol–water partition coefficient (Wildman–Crippen LogP) is 1.57. The van der Waals surface area contributed by atoms with Gasteiger partial charge >= 0.3 is 0 Å². The first-order valence-corrected chi connectivity index (χ1v) is 7.45. The molecule has 1 saturated heterocycles. The molecule has 0 unspecified atom stereocenters. The highest BCUT2D eigenvalue weighted by Gasteiger charge is 2.29. The third-order valence-electron chi connectivity index (χ3n) is 4.40. The number of hydrogen-bond acceptors (Lipinski definition) is 5. The van der Waals surface area contributed by atoms with Gasteiger partial charge in [-0.2, -0.15) is 5.10 Å². The van der Waals surface area contributed by atoms with Crippen LogP contribution in [0.15, 0.2) is 30.3 Å². The van der Waals surface area contributed by atoms with E-state index in [1.54, 1.807) is 6.07 Å². The second-order valence-corrected chi connectivity index (χ2v) is 5.67. The van der Waals surface area contributed by atoms with E-state index in [1.807, 2.05) is 18.2 Å². The van der Waals surface area contributed by atoms with E-state index < -0.39 is 0 Å². The zero-order valence-corrected chi connectivity index (χ0v) is 11.8. The summed E-state index contributed by atoms with van der Waals surface area (Å²) in [5, 5.41) is 22.2. The molecule has 5 heteroatoms. The van der Waals surface area contributed by atoms with Gasteiger partial charge < -0.3 is 15.3 Å². The Morgan fingerprint density at radius 2 is 2.14 bits per heavy atom. The van der Waals surface area contributed by atoms with Crippen LogP contribution < -0.4 is 10.2 Å². The van der Waals surface area contributed by atoms with Crippen LogP contribution in [0.2, 0.25) is 0 Å². The molecule has 1 fully saturated rings. The Hall–Kier alpha value is -2.14. The SMILES string of the molecule is Oc1ccccc1-c1cc2c(nn1)CC[C@@H]1CNCCN21. The standard InChI is InChI=1S/C16H18N4O/c21-16-4-2-1-3-12(16)14-9-15-13(18-19-14)6-5-11-10-17-7-8-20(11)15/h1-4,9,11,17,21H,5-8,10H2/t11-/m1/s1. The first-order chi connectivity index (χ1) is 10.3. The molecule has 0 radical (unpaired) electrons. The molecule has 2 aliphatic rings. The van der Waals surface area contributed by atoms with Crippen molar-refractivity contribution in [2.45, 2.75) is 18.9 Å². The minimum absolute atomic E-state index is 0.249. The van der Waals surface area contributed by atoms with E-state index in [1.165, 1.54) is 5.69 Å². The fraction of sp³-hybridized carbons (Fsp3) is 0.375. The van der Waals surface area contributed by atoms with E-state index in [-0.39, 0.29) is 5.75 Å². The summed E-state index contributed by atoms with van der Waals surface area (Å²) in [6.45, 7) is 3.04. The number of aromatic nitrogens is 2. The number of benzene rings is 1. The molecule has 21 heavy (non-hydrogen) atoms. The summed E-state index contributed by atoms with van der Waals surface area (Å²) < 4.78 is 0. The molecular formula is C16H18N4O. The molecule has 5 nitrogen and oxygen atoms in total. The van der Waals surface area contributed by atoms with Crippen molar-refractivity contribution in [2.24, 2.45) is 0 Å². The number of nitrogens with one attached hydrogen (secondary N) is 1. The van der Waals surface area contributed by atoms with E-state index >= 15 is 0 Å². The monoisotopic (exact) mass is 282 g/mol. The van der Waals surface area contributed by atoms with Crippen molar-refractivity contribution >= 4 is 5.69 Å². The first kappa shape index (κ1) is 12.6. The molecular weight excluding hydrogens is 264 g/mol. The molecule has 1 aromatic heterocycles. The number of phenols is 1. The highest BCUT2D eigenvalue weighted by atomic mass is 16.3. The number of rotatable bonds is 1. The Bertz CT molecular complexity index is 673. The lowest BCUT2D eigenvalue weighted by molar-refractivity contribution is 0.435. The Balaban J connectivity index is 1.78. The number of aromatic hydroxyl groups is 1. The Morgan fingerprint density at radius 1 is 1.24 bits per heavy atom. The van der Waals surface area contributed by atoms with Crippen molar-refractivity contribution in [1.29, 1.82) is 0 Å². The average Bonchev–Trinajstić information content (AvgIpc) is 2.55. The maximum Gasteiger partial charge on any atom is 0.125 e. The number of nitrogens with zero attached hydrogens (tertiary/aromatic N) is 3. The van der Waals surface area contributed by atoms with Crippen LogP contribution in [0.4, 0.5) is 5.69 Å². The van der Waals surface area contributed by atoms with E-state index in [0.717, 1.165) is 49.4 Å². The Kier molecular flexibility index (Phi) is 3.00. The maximum atomic E-state index is 10.0. The van der Waals surface area contributed by atoms with Gasteiger partial charge in [0.15, 0.2) is 0 Å². The second kappa shape index (κ2) is 5.00. The van der Waals surface area contributed by atoms with Crippen LogP contribution in [0.5, 0.6) is 5.75 Å². The molecule has 1 atom stereocenters. The molecule has 3 heterocycles. The third-order valence-corrected chi connectivity index (χ3v) is 4.40. The zero-order chi connectivity index (χ0) is 14.2. The maximum absolute atomic E-state index is 10.0.